The summed E-state index contributed by atoms with van der Waals surface area (Å²) in [5, 5.41) is 3.86. The molecule has 2 N–H and O–H groups in total. The van der Waals surface area contributed by atoms with Crippen molar-refractivity contribution in [1.29, 1.82) is 0 Å². The van der Waals surface area contributed by atoms with E-state index in [1.165, 1.54) is 43.3 Å². The van der Waals surface area contributed by atoms with E-state index in [0.717, 1.165) is 0 Å². The third-order valence-electron chi connectivity index (χ3n) is 3.60. The van der Waals surface area contributed by atoms with E-state index in [2.05, 4.69) is 9.72 Å². The molecule has 0 saturated carbocycles. The lowest BCUT2D eigenvalue weighted by molar-refractivity contribution is -0.204. The Labute approximate surface area is 164 Å². The molecule has 0 saturated heterocycles. The number of hydrogen-bond acceptors (Lipinski definition) is 5. The first-order valence-electron chi connectivity index (χ1n) is 8.13. The Balaban J connectivity index is 2.52. The summed E-state index contributed by atoms with van der Waals surface area (Å²) in [6, 6.07) is 9.54. The van der Waals surface area contributed by atoms with Crippen molar-refractivity contribution in [1.82, 2.24) is 10.3 Å². The first-order valence-corrected chi connectivity index (χ1v) is 8.50. The van der Waals surface area contributed by atoms with Gasteiger partial charge in [-0.25, -0.2) is 9.78 Å². The summed E-state index contributed by atoms with van der Waals surface area (Å²) in [6.45, 7) is 2.59. The fourth-order valence-electron chi connectivity index (χ4n) is 2.31. The fraction of sp³-hybridized carbons (Fsp3) is 0.278. The maximum atomic E-state index is 14.1. The van der Waals surface area contributed by atoms with Gasteiger partial charge in [0.2, 0.25) is 0 Å². The number of nitrogens with zero attached hydrogens (tertiary/aromatic N) is 1. The van der Waals surface area contributed by atoms with Gasteiger partial charge >= 0.3 is 17.8 Å². The number of alkyl halides is 3. The number of esters is 1. The van der Waals surface area contributed by atoms with Gasteiger partial charge in [0, 0.05) is 16.3 Å². The molecule has 0 spiro atoms. The van der Waals surface area contributed by atoms with Gasteiger partial charge in [-0.3, -0.25) is 4.79 Å². The normalized spacial score (nSPS) is 13.4. The molecule has 28 heavy (non-hydrogen) atoms. The Bertz CT molecular complexity index is 876. The van der Waals surface area contributed by atoms with Gasteiger partial charge in [-0.05, 0) is 44.2 Å². The molecule has 1 aromatic heterocycles. The third kappa shape index (κ3) is 4.72. The Hall–Kier alpha value is -2.81. The molecule has 2 rings (SSSR count). The lowest BCUT2D eigenvalue weighted by Gasteiger charge is -2.35. The van der Waals surface area contributed by atoms with E-state index in [9.17, 15) is 22.8 Å². The van der Waals surface area contributed by atoms with Crippen LogP contribution in [0.25, 0.3) is 0 Å². The van der Waals surface area contributed by atoms with Crippen LogP contribution in [0.4, 0.5) is 19.0 Å². The summed E-state index contributed by atoms with van der Waals surface area (Å²) in [7, 11) is 0. The highest BCUT2D eigenvalue weighted by molar-refractivity contribution is 6.31. The van der Waals surface area contributed by atoms with Crippen LogP contribution in [0.3, 0.4) is 0 Å². The molecule has 0 radical (unpaired) electrons. The summed E-state index contributed by atoms with van der Waals surface area (Å²) in [4.78, 5) is 28.8. The van der Waals surface area contributed by atoms with E-state index in [1.54, 1.807) is 18.3 Å². The van der Waals surface area contributed by atoms with Crippen LogP contribution in [-0.4, -0.2) is 35.3 Å². The van der Waals surface area contributed by atoms with Crippen LogP contribution in [-0.2, 0) is 9.53 Å². The molecular weight excluding hydrogens is 399 g/mol. The summed E-state index contributed by atoms with van der Waals surface area (Å²) >= 11 is 5.79. The number of nitrogens with one attached hydrogen (secondary N) is 2. The minimum Gasteiger partial charge on any atom is -0.463 e. The number of carbonyl (C=O) groups is 2. The number of pyridine rings is 1. The van der Waals surface area contributed by atoms with Crippen LogP contribution < -0.4 is 10.6 Å². The Kier molecular flexibility index (Phi) is 6.50. The third-order valence-corrected chi connectivity index (χ3v) is 3.83. The van der Waals surface area contributed by atoms with Crippen molar-refractivity contribution in [3.63, 3.8) is 0 Å². The smallest absolute Gasteiger partial charge is 0.441 e. The standard InChI is InChI=1S/C18H17ClF3N3O3/c1-3-28-16(27)17(18(20,21)22,24-14-9-4-6-11(2)23-14)25-15(26)12-7-5-8-13(19)10-12/h4-10H,3H2,1-2H3,(H,23,24)(H,25,26)/t17-/m0/s1. The summed E-state index contributed by atoms with van der Waals surface area (Å²) in [5.41, 5.74) is -3.31. The molecule has 2 aromatic rings. The van der Waals surface area contributed by atoms with Crippen molar-refractivity contribution in [2.45, 2.75) is 25.7 Å². The number of aryl methyl sites for hydroxylation is 1. The predicted molar refractivity (Wildman–Crippen MR) is 96.9 cm³/mol. The molecule has 0 aliphatic rings. The van der Waals surface area contributed by atoms with E-state index in [-0.39, 0.29) is 23.0 Å². The largest absolute Gasteiger partial charge is 0.463 e. The first-order chi connectivity index (χ1) is 13.1. The zero-order valence-corrected chi connectivity index (χ0v) is 15.7. The zero-order chi connectivity index (χ0) is 20.9. The summed E-state index contributed by atoms with van der Waals surface area (Å²) in [6.07, 6.45) is -5.25. The SMILES string of the molecule is CCOC(=O)[C@@](NC(=O)c1cccc(Cl)c1)(Nc1cccc(C)n1)C(F)(F)F. The van der Waals surface area contributed by atoms with Gasteiger partial charge in [-0.1, -0.05) is 23.7 Å². The second-order valence-electron chi connectivity index (χ2n) is 5.72. The van der Waals surface area contributed by atoms with E-state index < -0.39 is 23.7 Å². The fourth-order valence-corrected chi connectivity index (χ4v) is 2.50. The Morgan fingerprint density at radius 3 is 2.43 bits per heavy atom. The highest BCUT2D eigenvalue weighted by Crippen LogP contribution is 2.33. The lowest BCUT2D eigenvalue weighted by atomic mass is 10.1. The van der Waals surface area contributed by atoms with Crippen molar-refractivity contribution in [3.05, 3.63) is 58.7 Å². The van der Waals surface area contributed by atoms with Gasteiger partial charge in [-0.15, -0.1) is 0 Å². The second kappa shape index (κ2) is 8.47. The van der Waals surface area contributed by atoms with Gasteiger partial charge in [0.1, 0.15) is 5.82 Å². The topological polar surface area (TPSA) is 80.3 Å². The number of rotatable bonds is 6. The molecule has 1 aromatic carbocycles. The average Bonchev–Trinajstić information content (AvgIpc) is 2.60. The van der Waals surface area contributed by atoms with E-state index in [0.29, 0.717) is 5.69 Å². The number of ether oxygens (including phenoxy) is 1. The molecule has 0 fully saturated rings. The van der Waals surface area contributed by atoms with Gasteiger partial charge in [0.05, 0.1) is 6.61 Å². The second-order valence-corrected chi connectivity index (χ2v) is 6.16. The number of anilines is 1. The minimum atomic E-state index is -5.25. The number of hydrogen-bond donors (Lipinski definition) is 2. The van der Waals surface area contributed by atoms with Gasteiger partial charge < -0.3 is 15.4 Å². The molecule has 0 aliphatic carbocycles. The van der Waals surface area contributed by atoms with Gasteiger partial charge in [-0.2, -0.15) is 13.2 Å². The van der Waals surface area contributed by atoms with Crippen molar-refractivity contribution >= 4 is 29.3 Å². The number of amides is 1. The number of carbonyl (C=O) groups excluding carboxylic acids is 2. The molecule has 150 valence electrons. The predicted octanol–water partition coefficient (Wildman–Crippen LogP) is 3.71. The average molecular weight is 416 g/mol. The molecular formula is C18H17ClF3N3O3. The highest BCUT2D eigenvalue weighted by atomic mass is 35.5. The molecule has 1 heterocycles. The van der Waals surface area contributed by atoms with Crippen molar-refractivity contribution in [2.75, 3.05) is 11.9 Å². The molecule has 0 bridgehead atoms. The van der Waals surface area contributed by atoms with Crippen LogP contribution >= 0.6 is 11.6 Å². The quantitative estimate of drug-likeness (QED) is 0.555. The highest BCUT2D eigenvalue weighted by Gasteiger charge is 2.64. The monoisotopic (exact) mass is 415 g/mol. The van der Waals surface area contributed by atoms with Crippen LogP contribution in [0.15, 0.2) is 42.5 Å². The first kappa shape index (κ1) is 21.5. The Morgan fingerprint density at radius 1 is 1.18 bits per heavy atom. The Morgan fingerprint density at radius 2 is 1.86 bits per heavy atom. The van der Waals surface area contributed by atoms with E-state index in [1.807, 2.05) is 5.32 Å². The van der Waals surface area contributed by atoms with E-state index >= 15 is 0 Å². The number of halogens is 4. The maximum Gasteiger partial charge on any atom is 0.441 e. The lowest BCUT2D eigenvalue weighted by Crippen LogP contribution is -2.69. The van der Waals surface area contributed by atoms with Crippen molar-refractivity contribution in [2.24, 2.45) is 0 Å². The maximum absolute atomic E-state index is 14.1. The van der Waals surface area contributed by atoms with Crippen molar-refractivity contribution < 1.29 is 27.5 Å². The zero-order valence-electron chi connectivity index (χ0n) is 14.9. The molecule has 10 heteroatoms. The molecule has 6 nitrogen and oxygen atoms in total. The molecule has 0 unspecified atom stereocenters. The number of aromatic nitrogens is 1. The van der Waals surface area contributed by atoms with Crippen molar-refractivity contribution in [3.8, 4) is 0 Å². The molecule has 1 amide bonds. The van der Waals surface area contributed by atoms with Gasteiger partial charge in [0.15, 0.2) is 0 Å². The van der Waals surface area contributed by atoms with E-state index in [4.69, 9.17) is 11.6 Å². The van der Waals surface area contributed by atoms with Crippen LogP contribution in [0, 0.1) is 6.92 Å². The molecule has 1 atom stereocenters. The van der Waals surface area contributed by atoms with Crippen LogP contribution in [0.5, 0.6) is 0 Å². The summed E-state index contributed by atoms with van der Waals surface area (Å²) < 4.78 is 46.8. The van der Waals surface area contributed by atoms with Crippen LogP contribution in [0.1, 0.15) is 23.0 Å². The minimum absolute atomic E-state index is 0.148. The number of benzene rings is 1. The summed E-state index contributed by atoms with van der Waals surface area (Å²) in [5.74, 6) is -3.16. The van der Waals surface area contributed by atoms with Crippen LogP contribution in [0.2, 0.25) is 5.02 Å². The molecule has 0 aliphatic heterocycles. The van der Waals surface area contributed by atoms with Gasteiger partial charge in [0.25, 0.3) is 5.91 Å².